The minimum atomic E-state index is -3.76. The lowest BCUT2D eigenvalue weighted by Crippen LogP contribution is -2.47. The van der Waals surface area contributed by atoms with Crippen LogP contribution in [0, 0.1) is 0 Å². The van der Waals surface area contributed by atoms with Gasteiger partial charge in [-0.2, -0.15) is 9.67 Å². The van der Waals surface area contributed by atoms with Gasteiger partial charge >= 0.3 is 0 Å². The standard InChI is InChI=1S/C19H22F2N11O6PS3/c20-11-8(1-33)42-4-19(11,32-15-10(29-30-32)16(35)28-17(23)27-15)38-39(40,41)37-2-7-12(34)18(21,3-36-7)31-6-26-9-13(22)24-5-25-14(9)31/h5-8,11-12,33-34H,1-4H2,(H,40,41)(H2,22,24,25)(H3,23,27,28,35)/t7-,8-,11-,12-,18+,19+/m1/s1. The molecule has 226 valence electrons. The van der Waals surface area contributed by atoms with Crippen LogP contribution in [-0.4, -0.2) is 104 Å². The first-order valence-corrected chi connectivity index (χ1v) is 16.8. The molecule has 42 heavy (non-hydrogen) atoms. The van der Waals surface area contributed by atoms with Crippen LogP contribution in [0.5, 0.6) is 0 Å². The number of H-pyrrole nitrogens is 1. The number of rotatable bonds is 8. The number of nitrogens with zero attached hydrogens (tertiary/aromatic N) is 8. The number of nitrogens with two attached hydrogens (primary N) is 2. The highest BCUT2D eigenvalue weighted by atomic mass is 32.9. The van der Waals surface area contributed by atoms with E-state index in [-0.39, 0.29) is 39.8 Å². The molecule has 0 bridgehead atoms. The number of anilines is 2. The number of thioether (sulfide) groups is 1. The Balaban J connectivity index is 1.25. The molecule has 7 atom stereocenters. The van der Waals surface area contributed by atoms with Crippen LogP contribution < -0.4 is 17.0 Å². The maximum atomic E-state index is 16.1. The number of hydrogen-bond donors (Lipinski definition) is 6. The van der Waals surface area contributed by atoms with Gasteiger partial charge in [-0.1, -0.05) is 17.5 Å². The van der Waals surface area contributed by atoms with Gasteiger partial charge in [0.1, 0.15) is 30.7 Å². The van der Waals surface area contributed by atoms with Crippen LogP contribution in [0.1, 0.15) is 0 Å². The zero-order chi connectivity index (χ0) is 30.0. The van der Waals surface area contributed by atoms with Gasteiger partial charge < -0.3 is 30.9 Å². The van der Waals surface area contributed by atoms with Crippen molar-refractivity contribution in [1.29, 1.82) is 0 Å². The summed E-state index contributed by atoms with van der Waals surface area (Å²) in [5.41, 5.74) is 4.64. The summed E-state index contributed by atoms with van der Waals surface area (Å²) in [4.78, 5) is 30.4. The van der Waals surface area contributed by atoms with Crippen molar-refractivity contribution >= 4 is 75.6 Å². The lowest BCUT2D eigenvalue weighted by atomic mass is 10.1. The molecule has 2 saturated heterocycles. The maximum absolute atomic E-state index is 16.1. The normalized spacial score (nSPS) is 31.3. The summed E-state index contributed by atoms with van der Waals surface area (Å²) >= 11 is 10.8. The molecule has 2 aliphatic heterocycles. The number of fused-ring (bicyclic) bond motifs is 2. The van der Waals surface area contributed by atoms with Crippen molar-refractivity contribution in [2.24, 2.45) is 0 Å². The molecule has 6 heterocycles. The van der Waals surface area contributed by atoms with Crippen molar-refractivity contribution in [2.75, 3.05) is 37.0 Å². The number of aromatic nitrogens is 9. The Bertz CT molecular complexity index is 1780. The summed E-state index contributed by atoms with van der Waals surface area (Å²) in [7, 11) is 0. The molecule has 0 saturated carbocycles. The molecule has 6 rings (SSSR count). The van der Waals surface area contributed by atoms with Gasteiger partial charge in [0.05, 0.1) is 24.8 Å². The summed E-state index contributed by atoms with van der Waals surface area (Å²) in [5.74, 6) is -2.93. The molecule has 0 aliphatic carbocycles. The molecular weight excluding hydrogens is 643 g/mol. The van der Waals surface area contributed by atoms with Crippen molar-refractivity contribution in [3.63, 3.8) is 0 Å². The fraction of sp³-hybridized carbons (Fsp3) is 0.526. The lowest BCUT2D eigenvalue weighted by Gasteiger charge is -2.35. The van der Waals surface area contributed by atoms with E-state index in [9.17, 15) is 15.0 Å². The summed E-state index contributed by atoms with van der Waals surface area (Å²) in [6.07, 6.45) is -2.76. The Morgan fingerprint density at radius 3 is 2.86 bits per heavy atom. The second-order valence-corrected chi connectivity index (χ2v) is 15.9. The molecule has 23 heteroatoms. The Morgan fingerprint density at radius 1 is 1.33 bits per heavy atom. The van der Waals surface area contributed by atoms with E-state index in [2.05, 4.69) is 47.5 Å². The third kappa shape index (κ3) is 4.65. The number of aliphatic hydroxyl groups excluding tert-OH is 2. The molecule has 0 aromatic carbocycles. The Morgan fingerprint density at radius 2 is 2.12 bits per heavy atom. The quantitative estimate of drug-likeness (QED) is 0.0996. The van der Waals surface area contributed by atoms with E-state index in [1.807, 2.05) is 0 Å². The fourth-order valence-electron chi connectivity index (χ4n) is 4.77. The molecule has 0 radical (unpaired) electrons. The average Bonchev–Trinajstić information content (AvgIpc) is 3.70. The monoisotopic (exact) mass is 665 g/mol. The predicted octanol–water partition coefficient (Wildman–Crippen LogP) is -0.813. The number of nitrogens with one attached hydrogen (secondary N) is 1. The van der Waals surface area contributed by atoms with Crippen molar-refractivity contribution in [1.82, 2.24) is 44.5 Å². The second kappa shape index (κ2) is 10.6. The Kier molecular flexibility index (Phi) is 7.42. The van der Waals surface area contributed by atoms with Gasteiger partial charge in [-0.15, -0.1) is 16.9 Å². The number of thiol groups is 1. The van der Waals surface area contributed by atoms with Gasteiger partial charge in [-0.25, -0.2) is 23.7 Å². The zero-order valence-corrected chi connectivity index (χ0v) is 24.4. The number of nitrogen functional groups attached to an aromatic ring is 2. The second-order valence-electron chi connectivity index (χ2n) is 9.42. The summed E-state index contributed by atoms with van der Waals surface area (Å²) in [5, 5.41) is 27.3. The number of aromatic amines is 1. The fourth-order valence-corrected chi connectivity index (χ4v) is 8.36. The molecule has 4 aromatic rings. The highest BCUT2D eigenvalue weighted by Crippen LogP contribution is 2.61. The number of alkyl halides is 2. The largest absolute Gasteiger partial charge is 0.395 e. The highest BCUT2D eigenvalue weighted by Gasteiger charge is 2.57. The van der Waals surface area contributed by atoms with Gasteiger partial charge in [0.2, 0.25) is 23.2 Å². The summed E-state index contributed by atoms with van der Waals surface area (Å²) in [6, 6.07) is 0. The van der Waals surface area contributed by atoms with Crippen molar-refractivity contribution in [3.05, 3.63) is 23.0 Å². The van der Waals surface area contributed by atoms with Gasteiger partial charge in [-0.3, -0.25) is 18.9 Å². The third-order valence-corrected chi connectivity index (χ3v) is 10.4. The van der Waals surface area contributed by atoms with Crippen LogP contribution in [-0.2, 0) is 37.1 Å². The van der Waals surface area contributed by atoms with Gasteiger partial charge in [0.25, 0.3) is 5.56 Å². The molecule has 2 aliphatic rings. The minimum absolute atomic E-state index is 0.0276. The topological polar surface area (TPSA) is 240 Å². The zero-order valence-electron chi connectivity index (χ0n) is 21.0. The number of aliphatic hydroxyl groups is 2. The number of imidazole rings is 1. The summed E-state index contributed by atoms with van der Waals surface area (Å²) < 4.78 is 51.2. The molecule has 17 nitrogen and oxygen atoms in total. The first-order chi connectivity index (χ1) is 19.9. The molecule has 2 fully saturated rings. The SMILES string of the molecule is Nc1nc2c(nnn2[C@]2(OP(=S)(S)OC[C@H]3OC[C@](F)(n4cnc5c(N)ncnc54)[C@@H]3O)CS[C@H](CO)[C@H]2F)c(=O)[nH]1. The van der Waals surface area contributed by atoms with Crippen LogP contribution in [0.2, 0.25) is 0 Å². The smallest absolute Gasteiger partial charge is 0.282 e. The molecule has 0 spiro atoms. The van der Waals surface area contributed by atoms with Crippen molar-refractivity contribution in [3.8, 4) is 0 Å². The van der Waals surface area contributed by atoms with Gasteiger partial charge in [-0.05, 0) is 11.8 Å². The first kappa shape index (κ1) is 29.5. The van der Waals surface area contributed by atoms with Crippen LogP contribution in [0.3, 0.4) is 0 Å². The Labute approximate surface area is 247 Å². The van der Waals surface area contributed by atoms with E-state index < -0.39 is 66.2 Å². The van der Waals surface area contributed by atoms with E-state index in [1.54, 1.807) is 0 Å². The number of halogens is 2. The molecule has 4 aromatic heterocycles. The minimum Gasteiger partial charge on any atom is -0.395 e. The van der Waals surface area contributed by atoms with E-state index in [0.717, 1.165) is 33.7 Å². The van der Waals surface area contributed by atoms with Gasteiger partial charge in [0, 0.05) is 5.75 Å². The highest BCUT2D eigenvalue weighted by molar-refractivity contribution is 8.60. The maximum Gasteiger partial charge on any atom is 0.282 e. The van der Waals surface area contributed by atoms with Crippen molar-refractivity contribution in [2.45, 2.75) is 35.1 Å². The molecule has 0 amide bonds. The predicted molar refractivity (Wildman–Crippen MR) is 151 cm³/mol. The summed E-state index contributed by atoms with van der Waals surface area (Å²) in [6.45, 7) is -1.67. The van der Waals surface area contributed by atoms with E-state index in [4.69, 9.17) is 37.1 Å². The number of hydrogen-bond acceptors (Lipinski definition) is 16. The molecular formula is C19H22F2N11O6PS3. The van der Waals surface area contributed by atoms with E-state index in [1.165, 1.54) is 0 Å². The first-order valence-electron chi connectivity index (χ1n) is 12.0. The van der Waals surface area contributed by atoms with E-state index >= 15 is 8.78 Å². The van der Waals surface area contributed by atoms with Crippen molar-refractivity contribution < 1.29 is 32.8 Å². The van der Waals surface area contributed by atoms with Crippen LogP contribution in [0.4, 0.5) is 20.5 Å². The lowest BCUT2D eigenvalue weighted by molar-refractivity contribution is -0.0669. The third-order valence-electron chi connectivity index (χ3n) is 6.87. The van der Waals surface area contributed by atoms with Crippen LogP contribution in [0.15, 0.2) is 17.4 Å². The average molecular weight is 666 g/mol. The molecule has 7 N–H and O–H groups in total. The van der Waals surface area contributed by atoms with Crippen LogP contribution in [0.25, 0.3) is 22.3 Å². The van der Waals surface area contributed by atoms with Gasteiger partial charge in [0.15, 0.2) is 28.8 Å². The molecule has 1 unspecified atom stereocenters. The Hall–Kier alpha value is -2.56. The number of ether oxygens (including phenoxy) is 1. The van der Waals surface area contributed by atoms with E-state index in [0.29, 0.717) is 0 Å². The van der Waals surface area contributed by atoms with Crippen LogP contribution >= 0.6 is 29.7 Å².